The number of aliphatic hydroxyl groups is 1. The number of anilines is 2. The maximum Gasteiger partial charge on any atom is 0.255 e. The molecular formula is C12H19F2N3O3S. The number of sulfonamides is 1. The fourth-order valence-electron chi connectivity index (χ4n) is 1.83. The van der Waals surface area contributed by atoms with Gasteiger partial charge < -0.3 is 15.7 Å². The maximum atomic E-state index is 12.6. The molecule has 0 heterocycles. The lowest BCUT2D eigenvalue weighted by Crippen LogP contribution is -2.33. The molecule has 9 heteroatoms. The van der Waals surface area contributed by atoms with E-state index in [1.54, 1.807) is 0 Å². The summed E-state index contributed by atoms with van der Waals surface area (Å²) in [5, 5.41) is 8.97. The van der Waals surface area contributed by atoms with Crippen molar-refractivity contribution >= 4 is 21.4 Å². The summed E-state index contributed by atoms with van der Waals surface area (Å²) < 4.78 is 50.5. The highest BCUT2D eigenvalue weighted by molar-refractivity contribution is 7.89. The standard InChI is InChI=1S/C12H19F2N3O3S/c1-16(2)21(19,20)10-5-3-4-9(12(10)15)17(6-7-18)8-11(13)14/h3-5,11,18H,6-8,15H2,1-2H3. The van der Waals surface area contributed by atoms with Crippen molar-refractivity contribution in [1.29, 1.82) is 0 Å². The largest absolute Gasteiger partial charge is 0.396 e. The Kier molecular flexibility index (Phi) is 5.87. The quantitative estimate of drug-likeness (QED) is 0.717. The number of hydrogen-bond acceptors (Lipinski definition) is 5. The third-order valence-corrected chi connectivity index (χ3v) is 4.74. The van der Waals surface area contributed by atoms with Crippen molar-refractivity contribution in [2.24, 2.45) is 0 Å². The molecular weight excluding hydrogens is 304 g/mol. The number of benzene rings is 1. The van der Waals surface area contributed by atoms with Gasteiger partial charge in [-0.1, -0.05) is 6.07 Å². The number of nitrogens with two attached hydrogens (primary N) is 1. The molecule has 0 aromatic heterocycles. The summed E-state index contributed by atoms with van der Waals surface area (Å²) in [4.78, 5) is 1.01. The van der Waals surface area contributed by atoms with E-state index in [9.17, 15) is 17.2 Å². The number of nitrogens with zero attached hydrogens (tertiary/aromatic N) is 2. The summed E-state index contributed by atoms with van der Waals surface area (Å²) in [5.74, 6) is 0. The molecule has 1 rings (SSSR count). The molecule has 3 N–H and O–H groups in total. The van der Waals surface area contributed by atoms with Gasteiger partial charge in [0.15, 0.2) is 0 Å². The monoisotopic (exact) mass is 323 g/mol. The Hall–Kier alpha value is -1.45. The molecule has 0 aliphatic carbocycles. The van der Waals surface area contributed by atoms with Crippen molar-refractivity contribution in [1.82, 2.24) is 4.31 Å². The topological polar surface area (TPSA) is 86.9 Å². The van der Waals surface area contributed by atoms with Crippen LogP contribution in [0.15, 0.2) is 23.1 Å². The zero-order valence-electron chi connectivity index (χ0n) is 11.8. The van der Waals surface area contributed by atoms with E-state index in [1.807, 2.05) is 0 Å². The predicted molar refractivity (Wildman–Crippen MR) is 77.0 cm³/mol. The molecule has 6 nitrogen and oxygen atoms in total. The smallest absolute Gasteiger partial charge is 0.255 e. The average molecular weight is 323 g/mol. The van der Waals surface area contributed by atoms with Gasteiger partial charge in [-0.15, -0.1) is 0 Å². The maximum absolute atomic E-state index is 12.6. The van der Waals surface area contributed by atoms with E-state index in [1.165, 1.54) is 32.3 Å². The minimum Gasteiger partial charge on any atom is -0.396 e. The molecule has 120 valence electrons. The van der Waals surface area contributed by atoms with Crippen LogP contribution < -0.4 is 10.6 Å². The first-order valence-corrected chi connectivity index (χ1v) is 7.60. The van der Waals surface area contributed by atoms with E-state index in [4.69, 9.17) is 10.8 Å². The summed E-state index contributed by atoms with van der Waals surface area (Å²) >= 11 is 0. The van der Waals surface area contributed by atoms with Crippen molar-refractivity contribution in [3.63, 3.8) is 0 Å². The van der Waals surface area contributed by atoms with Gasteiger partial charge in [-0.3, -0.25) is 0 Å². The zero-order valence-corrected chi connectivity index (χ0v) is 12.6. The molecule has 0 radical (unpaired) electrons. The predicted octanol–water partition coefficient (Wildman–Crippen LogP) is 0.583. The Morgan fingerprint density at radius 1 is 1.33 bits per heavy atom. The minimum atomic E-state index is -3.78. The molecule has 0 saturated heterocycles. The highest BCUT2D eigenvalue weighted by Gasteiger charge is 2.24. The Morgan fingerprint density at radius 2 is 1.95 bits per heavy atom. The zero-order chi connectivity index (χ0) is 16.2. The van der Waals surface area contributed by atoms with Gasteiger partial charge in [0, 0.05) is 20.6 Å². The molecule has 0 aliphatic rings. The van der Waals surface area contributed by atoms with Gasteiger partial charge in [-0.05, 0) is 12.1 Å². The van der Waals surface area contributed by atoms with Gasteiger partial charge in [0.25, 0.3) is 6.43 Å². The molecule has 0 saturated carbocycles. The van der Waals surface area contributed by atoms with E-state index in [0.717, 1.165) is 9.21 Å². The third-order valence-electron chi connectivity index (χ3n) is 2.87. The SMILES string of the molecule is CN(C)S(=O)(=O)c1cccc(N(CCO)CC(F)F)c1N. The molecule has 0 unspecified atom stereocenters. The fraction of sp³-hybridized carbons (Fsp3) is 0.500. The van der Waals surface area contributed by atoms with Crippen molar-refractivity contribution in [2.75, 3.05) is 44.4 Å². The number of alkyl halides is 2. The first kappa shape index (κ1) is 17.6. The second-order valence-electron chi connectivity index (χ2n) is 4.54. The second-order valence-corrected chi connectivity index (χ2v) is 6.66. The van der Waals surface area contributed by atoms with Crippen LogP contribution in [-0.4, -0.2) is 58.0 Å². The number of aliphatic hydroxyl groups excluding tert-OH is 1. The van der Waals surface area contributed by atoms with Crippen molar-refractivity contribution in [2.45, 2.75) is 11.3 Å². The molecule has 0 fully saturated rings. The summed E-state index contributed by atoms with van der Waals surface area (Å²) in [5.41, 5.74) is 5.89. The summed E-state index contributed by atoms with van der Waals surface area (Å²) in [6.45, 7) is -1.06. The van der Waals surface area contributed by atoms with Crippen LogP contribution in [0.25, 0.3) is 0 Å². The lowest BCUT2D eigenvalue weighted by Gasteiger charge is -2.26. The number of rotatable bonds is 7. The molecule has 0 atom stereocenters. The van der Waals surface area contributed by atoms with Crippen LogP contribution in [0.3, 0.4) is 0 Å². The van der Waals surface area contributed by atoms with E-state index < -0.39 is 23.0 Å². The van der Waals surface area contributed by atoms with Crippen molar-refractivity contribution in [3.05, 3.63) is 18.2 Å². The summed E-state index contributed by atoms with van der Waals surface area (Å²) in [7, 11) is -1.07. The Morgan fingerprint density at radius 3 is 2.43 bits per heavy atom. The van der Waals surface area contributed by atoms with Crippen molar-refractivity contribution < 1.29 is 22.3 Å². The number of hydrogen-bond donors (Lipinski definition) is 2. The van der Waals surface area contributed by atoms with Gasteiger partial charge in [0.1, 0.15) is 4.90 Å². The Balaban J connectivity index is 3.32. The van der Waals surface area contributed by atoms with Crippen LogP contribution in [0.5, 0.6) is 0 Å². The number of nitrogen functional groups attached to an aromatic ring is 1. The van der Waals surface area contributed by atoms with Gasteiger partial charge >= 0.3 is 0 Å². The highest BCUT2D eigenvalue weighted by Crippen LogP contribution is 2.31. The molecule has 1 aromatic carbocycles. The fourth-order valence-corrected chi connectivity index (χ4v) is 2.85. The molecule has 1 aromatic rings. The van der Waals surface area contributed by atoms with Crippen LogP contribution in [0.1, 0.15) is 0 Å². The highest BCUT2D eigenvalue weighted by atomic mass is 32.2. The van der Waals surface area contributed by atoms with Crippen molar-refractivity contribution in [3.8, 4) is 0 Å². The first-order valence-electron chi connectivity index (χ1n) is 6.16. The molecule has 0 bridgehead atoms. The van der Waals surface area contributed by atoms with Crippen LogP contribution in [0.4, 0.5) is 20.2 Å². The summed E-state index contributed by atoms with van der Waals surface area (Å²) in [6, 6.07) is 4.19. The lowest BCUT2D eigenvalue weighted by atomic mass is 10.2. The van der Waals surface area contributed by atoms with Crippen LogP contribution in [0, 0.1) is 0 Å². The van der Waals surface area contributed by atoms with Gasteiger partial charge in [0.2, 0.25) is 10.0 Å². The van der Waals surface area contributed by atoms with E-state index in [2.05, 4.69) is 0 Å². The average Bonchev–Trinajstić information content (AvgIpc) is 2.37. The van der Waals surface area contributed by atoms with Gasteiger partial charge in [0.05, 0.1) is 24.5 Å². The minimum absolute atomic E-state index is 0.0694. The van der Waals surface area contributed by atoms with Crippen LogP contribution >= 0.6 is 0 Å². The molecule has 0 amide bonds. The Labute approximate surface area is 122 Å². The number of para-hydroxylation sites is 1. The lowest BCUT2D eigenvalue weighted by molar-refractivity contribution is 0.153. The third kappa shape index (κ3) is 4.02. The van der Waals surface area contributed by atoms with Crippen LogP contribution in [-0.2, 0) is 10.0 Å². The summed E-state index contributed by atoms with van der Waals surface area (Å²) in [6.07, 6.45) is -2.63. The van der Waals surface area contributed by atoms with Crippen LogP contribution in [0.2, 0.25) is 0 Å². The molecule has 0 aliphatic heterocycles. The van der Waals surface area contributed by atoms with E-state index >= 15 is 0 Å². The second kappa shape index (κ2) is 7.01. The normalized spacial score (nSPS) is 12.1. The molecule has 21 heavy (non-hydrogen) atoms. The first-order chi connectivity index (χ1) is 9.71. The van der Waals surface area contributed by atoms with E-state index in [0.29, 0.717) is 0 Å². The van der Waals surface area contributed by atoms with Gasteiger partial charge in [-0.2, -0.15) is 0 Å². The molecule has 0 spiro atoms. The van der Waals surface area contributed by atoms with Gasteiger partial charge in [-0.25, -0.2) is 21.5 Å². The van der Waals surface area contributed by atoms with E-state index in [-0.39, 0.29) is 29.4 Å². The number of halogens is 2. The Bertz CT molecular complexity index is 579.